The maximum atomic E-state index is 12.3. The van der Waals surface area contributed by atoms with E-state index in [1.54, 1.807) is 0 Å². The van der Waals surface area contributed by atoms with Crippen LogP contribution in [0.15, 0.2) is 0 Å². The topological polar surface area (TPSA) is 78.5 Å². The fourth-order valence-corrected chi connectivity index (χ4v) is 3.30. The summed E-state index contributed by atoms with van der Waals surface area (Å²) in [5, 5.41) is 5.22. The summed E-state index contributed by atoms with van der Waals surface area (Å²) in [6.45, 7) is 0.155. The van der Waals surface area contributed by atoms with Crippen LogP contribution in [0.1, 0.15) is 12.8 Å². The molecule has 2 aliphatic rings. The molecule has 6 nitrogen and oxygen atoms in total. The van der Waals surface area contributed by atoms with Crippen LogP contribution >= 0.6 is 11.8 Å². The molecule has 2 N–H and O–H groups in total. The third kappa shape index (κ3) is 3.01. The molecule has 0 saturated carbocycles. The molecule has 2 fully saturated rings. The highest BCUT2D eigenvalue weighted by Crippen LogP contribution is 2.23. The molecule has 3 amide bonds. The highest BCUT2D eigenvalue weighted by atomic mass is 32.2. The second kappa shape index (κ2) is 5.97. The minimum Gasteiger partial charge on any atom is -0.344 e. The Bertz CT molecular complexity index is 446. The van der Waals surface area contributed by atoms with Crippen molar-refractivity contribution in [2.24, 2.45) is 0 Å². The lowest BCUT2D eigenvalue weighted by Crippen LogP contribution is -2.52. The van der Waals surface area contributed by atoms with Crippen LogP contribution in [0.5, 0.6) is 0 Å². The van der Waals surface area contributed by atoms with Gasteiger partial charge < -0.3 is 15.5 Å². The number of amides is 3. The van der Waals surface area contributed by atoms with Crippen molar-refractivity contribution in [3.63, 3.8) is 0 Å². The Morgan fingerprint density at radius 3 is 3.00 bits per heavy atom. The lowest BCUT2D eigenvalue weighted by Gasteiger charge is -2.25. The lowest BCUT2D eigenvalue weighted by molar-refractivity contribution is -0.139. The van der Waals surface area contributed by atoms with E-state index in [1.165, 1.54) is 16.7 Å². The number of terminal acetylenes is 1. The maximum absolute atomic E-state index is 12.3. The normalized spacial score (nSPS) is 25.8. The van der Waals surface area contributed by atoms with E-state index in [1.807, 2.05) is 0 Å². The van der Waals surface area contributed by atoms with Crippen molar-refractivity contribution in [3.05, 3.63) is 0 Å². The van der Waals surface area contributed by atoms with E-state index in [0.717, 1.165) is 0 Å². The van der Waals surface area contributed by atoms with Gasteiger partial charge in [0.1, 0.15) is 12.1 Å². The maximum Gasteiger partial charge on any atom is 0.246 e. The van der Waals surface area contributed by atoms with Crippen LogP contribution < -0.4 is 10.6 Å². The van der Waals surface area contributed by atoms with Crippen LogP contribution in [-0.4, -0.2) is 52.9 Å². The van der Waals surface area contributed by atoms with Crippen LogP contribution in [0, 0.1) is 12.3 Å². The number of rotatable bonds is 3. The van der Waals surface area contributed by atoms with Gasteiger partial charge in [0.15, 0.2) is 0 Å². The first kappa shape index (κ1) is 13.7. The minimum absolute atomic E-state index is 0.112. The molecule has 0 aliphatic carbocycles. The highest BCUT2D eigenvalue weighted by molar-refractivity contribution is 7.99. The van der Waals surface area contributed by atoms with Crippen molar-refractivity contribution in [2.45, 2.75) is 24.9 Å². The van der Waals surface area contributed by atoms with Crippen molar-refractivity contribution >= 4 is 29.5 Å². The molecule has 0 bridgehead atoms. The van der Waals surface area contributed by atoms with Crippen molar-refractivity contribution in [3.8, 4) is 12.3 Å². The average molecular weight is 281 g/mol. The van der Waals surface area contributed by atoms with E-state index in [9.17, 15) is 14.4 Å². The number of thioether (sulfide) groups is 1. The molecule has 102 valence electrons. The summed E-state index contributed by atoms with van der Waals surface area (Å²) in [6.07, 6.45) is 5.95. The Morgan fingerprint density at radius 2 is 2.37 bits per heavy atom. The molecule has 7 heteroatoms. The average Bonchev–Trinajstić information content (AvgIpc) is 3.03. The van der Waals surface area contributed by atoms with Gasteiger partial charge in [0.2, 0.25) is 17.7 Å². The largest absolute Gasteiger partial charge is 0.344 e. The molecular weight excluding hydrogens is 266 g/mol. The SMILES string of the molecule is C#CCNC(=O)[C@@H]1CSCN1C(=O)[C@@H]1CCC(=O)N1. The van der Waals surface area contributed by atoms with Gasteiger partial charge in [0.25, 0.3) is 0 Å². The summed E-state index contributed by atoms with van der Waals surface area (Å²) in [7, 11) is 0. The molecule has 0 aromatic rings. The van der Waals surface area contributed by atoms with E-state index in [-0.39, 0.29) is 24.3 Å². The fourth-order valence-electron chi connectivity index (χ4n) is 2.13. The van der Waals surface area contributed by atoms with Gasteiger partial charge in [-0.15, -0.1) is 18.2 Å². The summed E-state index contributed by atoms with van der Waals surface area (Å²) in [5.41, 5.74) is 0. The molecule has 2 aliphatic heterocycles. The van der Waals surface area contributed by atoms with Crippen molar-refractivity contribution < 1.29 is 14.4 Å². The number of nitrogens with zero attached hydrogens (tertiary/aromatic N) is 1. The smallest absolute Gasteiger partial charge is 0.246 e. The molecule has 0 aromatic carbocycles. The zero-order valence-electron chi connectivity index (χ0n) is 10.3. The molecule has 0 radical (unpaired) electrons. The van der Waals surface area contributed by atoms with E-state index in [0.29, 0.717) is 24.5 Å². The number of hydrogen-bond donors (Lipinski definition) is 2. The number of nitrogens with one attached hydrogen (secondary N) is 2. The Morgan fingerprint density at radius 1 is 1.58 bits per heavy atom. The standard InChI is InChI=1S/C12H15N3O3S/c1-2-5-13-11(17)9-6-19-7-15(9)12(18)8-3-4-10(16)14-8/h1,8-9H,3-7H2,(H,13,17)(H,14,16)/t8-,9-/m0/s1. The molecule has 2 atom stereocenters. The molecule has 2 saturated heterocycles. The molecular formula is C12H15N3O3S. The summed E-state index contributed by atoms with van der Waals surface area (Å²) in [5.74, 6) is 2.83. The predicted molar refractivity (Wildman–Crippen MR) is 71.0 cm³/mol. The van der Waals surface area contributed by atoms with Crippen LogP contribution in [0.25, 0.3) is 0 Å². The van der Waals surface area contributed by atoms with Crippen molar-refractivity contribution in [2.75, 3.05) is 18.2 Å². The Labute approximate surface area is 115 Å². The number of carbonyl (C=O) groups excluding carboxylic acids is 3. The van der Waals surface area contributed by atoms with Gasteiger partial charge in [-0.05, 0) is 6.42 Å². The lowest BCUT2D eigenvalue weighted by atomic mass is 10.1. The Kier molecular flexibility index (Phi) is 4.32. The monoisotopic (exact) mass is 281 g/mol. The van der Waals surface area contributed by atoms with Gasteiger partial charge in [0.05, 0.1) is 12.4 Å². The van der Waals surface area contributed by atoms with Gasteiger partial charge >= 0.3 is 0 Å². The highest BCUT2D eigenvalue weighted by Gasteiger charge is 2.39. The van der Waals surface area contributed by atoms with E-state index >= 15 is 0 Å². The zero-order chi connectivity index (χ0) is 13.8. The van der Waals surface area contributed by atoms with Crippen LogP contribution in [0.3, 0.4) is 0 Å². The minimum atomic E-state index is -0.497. The Balaban J connectivity index is 1.98. The second-order valence-corrected chi connectivity index (χ2v) is 5.40. The molecule has 0 aromatic heterocycles. The van der Waals surface area contributed by atoms with Crippen molar-refractivity contribution in [1.82, 2.24) is 15.5 Å². The second-order valence-electron chi connectivity index (χ2n) is 4.40. The van der Waals surface area contributed by atoms with E-state index < -0.39 is 12.1 Å². The van der Waals surface area contributed by atoms with E-state index in [2.05, 4.69) is 16.6 Å². The van der Waals surface area contributed by atoms with Crippen LogP contribution in [0.4, 0.5) is 0 Å². The van der Waals surface area contributed by atoms with Gasteiger partial charge in [-0.25, -0.2) is 0 Å². The summed E-state index contributed by atoms with van der Waals surface area (Å²) in [4.78, 5) is 36.8. The molecule has 19 heavy (non-hydrogen) atoms. The van der Waals surface area contributed by atoms with Gasteiger partial charge in [-0.1, -0.05) is 5.92 Å². The number of hydrogen-bond acceptors (Lipinski definition) is 4. The third-order valence-corrected chi connectivity index (χ3v) is 4.14. The third-order valence-electron chi connectivity index (χ3n) is 3.13. The predicted octanol–water partition coefficient (Wildman–Crippen LogP) is -1.08. The zero-order valence-corrected chi connectivity index (χ0v) is 11.2. The molecule has 2 rings (SSSR count). The molecule has 0 spiro atoms. The van der Waals surface area contributed by atoms with Crippen molar-refractivity contribution in [1.29, 1.82) is 0 Å². The summed E-state index contributed by atoms with van der Waals surface area (Å²) < 4.78 is 0. The first-order valence-electron chi connectivity index (χ1n) is 6.02. The summed E-state index contributed by atoms with van der Waals surface area (Å²) in [6, 6.07) is -0.988. The van der Waals surface area contributed by atoms with Gasteiger partial charge in [-0.2, -0.15) is 0 Å². The van der Waals surface area contributed by atoms with Crippen LogP contribution in [0.2, 0.25) is 0 Å². The number of carbonyl (C=O) groups is 3. The Hall–Kier alpha value is -1.68. The first-order valence-corrected chi connectivity index (χ1v) is 7.17. The van der Waals surface area contributed by atoms with E-state index in [4.69, 9.17) is 6.42 Å². The quantitative estimate of drug-likeness (QED) is 0.645. The van der Waals surface area contributed by atoms with Gasteiger partial charge in [-0.3, -0.25) is 14.4 Å². The summed E-state index contributed by atoms with van der Waals surface area (Å²) >= 11 is 1.52. The van der Waals surface area contributed by atoms with Gasteiger partial charge in [0, 0.05) is 12.2 Å². The molecule has 2 heterocycles. The van der Waals surface area contributed by atoms with Crippen LogP contribution in [-0.2, 0) is 14.4 Å². The fraction of sp³-hybridized carbons (Fsp3) is 0.583. The first-order chi connectivity index (χ1) is 9.13. The molecule has 0 unspecified atom stereocenters.